The van der Waals surface area contributed by atoms with Crippen LogP contribution in [0.5, 0.6) is 5.75 Å². The van der Waals surface area contributed by atoms with E-state index in [9.17, 15) is 9.90 Å². The minimum absolute atomic E-state index is 0.00213. The summed E-state index contributed by atoms with van der Waals surface area (Å²) in [5.74, 6) is -0.962. The number of rotatable bonds is 4. The number of halogens is 1. The highest BCUT2D eigenvalue weighted by molar-refractivity contribution is 6.33. The van der Waals surface area contributed by atoms with Gasteiger partial charge in [0.1, 0.15) is 5.75 Å². The SMILES string of the molecule is C/C(=N\Nc1ccc(Cl)c(C(=O)O)c1)c1ccc(C)cc1O. The maximum atomic E-state index is 11.0. The molecular weight excluding hydrogens is 304 g/mol. The minimum atomic E-state index is -1.11. The van der Waals surface area contributed by atoms with Crippen molar-refractivity contribution in [1.29, 1.82) is 0 Å². The fourth-order valence-corrected chi connectivity index (χ4v) is 2.11. The molecule has 5 nitrogen and oxygen atoms in total. The first-order valence-corrected chi connectivity index (χ1v) is 6.89. The van der Waals surface area contributed by atoms with Gasteiger partial charge in [0.2, 0.25) is 0 Å². The second-order valence-electron chi connectivity index (χ2n) is 4.83. The van der Waals surface area contributed by atoms with Crippen molar-refractivity contribution < 1.29 is 15.0 Å². The molecule has 0 aromatic heterocycles. The van der Waals surface area contributed by atoms with E-state index < -0.39 is 5.97 Å². The van der Waals surface area contributed by atoms with Crippen molar-refractivity contribution in [1.82, 2.24) is 0 Å². The molecule has 2 rings (SSSR count). The number of hydrogen-bond donors (Lipinski definition) is 3. The fourth-order valence-electron chi connectivity index (χ4n) is 1.91. The van der Waals surface area contributed by atoms with Crippen LogP contribution in [0, 0.1) is 6.92 Å². The maximum Gasteiger partial charge on any atom is 0.337 e. The Morgan fingerprint density at radius 1 is 1.18 bits per heavy atom. The topological polar surface area (TPSA) is 81.9 Å². The van der Waals surface area contributed by atoms with Crippen LogP contribution in [0.4, 0.5) is 5.69 Å². The predicted molar refractivity (Wildman–Crippen MR) is 87.1 cm³/mol. The van der Waals surface area contributed by atoms with E-state index >= 15 is 0 Å². The molecular formula is C16H15ClN2O3. The van der Waals surface area contributed by atoms with Crippen LogP contribution >= 0.6 is 11.6 Å². The lowest BCUT2D eigenvalue weighted by atomic mass is 10.1. The molecule has 0 aliphatic rings. The molecule has 0 unspecified atom stereocenters. The van der Waals surface area contributed by atoms with Crippen molar-refractivity contribution in [2.24, 2.45) is 5.10 Å². The van der Waals surface area contributed by atoms with Crippen molar-refractivity contribution >= 4 is 29.0 Å². The van der Waals surface area contributed by atoms with E-state index in [4.69, 9.17) is 16.7 Å². The highest BCUT2D eigenvalue weighted by atomic mass is 35.5. The van der Waals surface area contributed by atoms with Gasteiger partial charge in [0.25, 0.3) is 0 Å². The Morgan fingerprint density at radius 3 is 2.55 bits per heavy atom. The Morgan fingerprint density at radius 2 is 1.91 bits per heavy atom. The number of anilines is 1. The van der Waals surface area contributed by atoms with Gasteiger partial charge in [0, 0.05) is 5.56 Å². The highest BCUT2D eigenvalue weighted by Gasteiger charge is 2.09. The number of aryl methyl sites for hydroxylation is 1. The Bertz CT molecular complexity index is 757. The number of benzene rings is 2. The zero-order valence-corrected chi connectivity index (χ0v) is 12.8. The van der Waals surface area contributed by atoms with Crippen molar-refractivity contribution in [3.8, 4) is 5.75 Å². The largest absolute Gasteiger partial charge is 0.507 e. The van der Waals surface area contributed by atoms with E-state index in [0.717, 1.165) is 5.56 Å². The van der Waals surface area contributed by atoms with Crippen LogP contribution in [0.25, 0.3) is 0 Å². The van der Waals surface area contributed by atoms with Gasteiger partial charge in [-0.25, -0.2) is 4.79 Å². The standard InChI is InChI=1S/C16H15ClN2O3/c1-9-3-5-12(15(20)7-9)10(2)18-19-11-4-6-14(17)13(8-11)16(21)22/h3-8,19-20H,1-2H3,(H,21,22)/b18-10+. The number of phenolic OH excluding ortho intramolecular Hbond substituents is 1. The number of aromatic carboxylic acids is 1. The van der Waals surface area contributed by atoms with Gasteiger partial charge in [-0.3, -0.25) is 5.43 Å². The lowest BCUT2D eigenvalue weighted by Crippen LogP contribution is -2.02. The second kappa shape index (κ2) is 6.49. The van der Waals surface area contributed by atoms with E-state index in [1.54, 1.807) is 25.1 Å². The number of nitrogens with zero attached hydrogens (tertiary/aromatic N) is 1. The maximum absolute atomic E-state index is 11.0. The first-order chi connectivity index (χ1) is 10.4. The summed E-state index contributed by atoms with van der Waals surface area (Å²) in [6, 6.07) is 9.81. The van der Waals surface area contributed by atoms with E-state index in [-0.39, 0.29) is 16.3 Å². The van der Waals surface area contributed by atoms with Crippen LogP contribution in [0.1, 0.15) is 28.4 Å². The van der Waals surface area contributed by atoms with Gasteiger partial charge >= 0.3 is 5.97 Å². The Kier molecular flexibility index (Phi) is 4.68. The first-order valence-electron chi connectivity index (χ1n) is 6.51. The third kappa shape index (κ3) is 3.56. The molecule has 0 heterocycles. The molecule has 0 spiro atoms. The Balaban J connectivity index is 2.24. The lowest BCUT2D eigenvalue weighted by Gasteiger charge is -2.07. The molecule has 114 valence electrons. The Labute approximate surface area is 132 Å². The summed E-state index contributed by atoms with van der Waals surface area (Å²) in [5, 5.41) is 23.3. The van der Waals surface area contributed by atoms with Gasteiger partial charge in [-0.15, -0.1) is 0 Å². The molecule has 0 aliphatic heterocycles. The molecule has 0 saturated heterocycles. The normalized spacial score (nSPS) is 11.3. The van der Waals surface area contributed by atoms with Gasteiger partial charge in [0.05, 0.1) is 22.0 Å². The molecule has 6 heteroatoms. The first kappa shape index (κ1) is 15.9. The van der Waals surface area contributed by atoms with Crippen LogP contribution in [0.2, 0.25) is 5.02 Å². The number of carbonyl (C=O) groups is 1. The number of hydrazone groups is 1. The molecule has 0 saturated carbocycles. The summed E-state index contributed by atoms with van der Waals surface area (Å²) in [4.78, 5) is 11.0. The van der Waals surface area contributed by atoms with Crippen molar-refractivity contribution in [2.75, 3.05) is 5.43 Å². The van der Waals surface area contributed by atoms with Gasteiger partial charge in [-0.2, -0.15) is 5.10 Å². The van der Waals surface area contributed by atoms with E-state index in [1.807, 2.05) is 13.0 Å². The lowest BCUT2D eigenvalue weighted by molar-refractivity contribution is 0.0697. The smallest absolute Gasteiger partial charge is 0.337 e. The van der Waals surface area contributed by atoms with E-state index in [2.05, 4.69) is 10.5 Å². The predicted octanol–water partition coefficient (Wildman–Crippen LogP) is 3.89. The molecule has 0 atom stereocenters. The van der Waals surface area contributed by atoms with Crippen LogP contribution in [-0.4, -0.2) is 21.9 Å². The number of carboxylic acid groups (broad SMARTS) is 1. The van der Waals surface area contributed by atoms with Crippen molar-refractivity contribution in [2.45, 2.75) is 13.8 Å². The molecule has 0 fully saturated rings. The molecule has 0 amide bonds. The molecule has 0 radical (unpaired) electrons. The summed E-state index contributed by atoms with van der Waals surface area (Å²) in [7, 11) is 0. The van der Waals surface area contributed by atoms with Crippen LogP contribution in [0.3, 0.4) is 0 Å². The summed E-state index contributed by atoms with van der Waals surface area (Å²) in [6.45, 7) is 3.63. The number of hydrogen-bond acceptors (Lipinski definition) is 4. The number of carboxylic acids is 1. The summed E-state index contributed by atoms with van der Waals surface area (Å²) >= 11 is 5.81. The van der Waals surface area contributed by atoms with Crippen molar-refractivity contribution in [3.63, 3.8) is 0 Å². The fraction of sp³-hybridized carbons (Fsp3) is 0.125. The highest BCUT2D eigenvalue weighted by Crippen LogP contribution is 2.22. The zero-order chi connectivity index (χ0) is 16.3. The van der Waals surface area contributed by atoms with Gasteiger partial charge in [0.15, 0.2) is 0 Å². The molecule has 3 N–H and O–H groups in total. The van der Waals surface area contributed by atoms with Crippen LogP contribution < -0.4 is 5.43 Å². The van der Waals surface area contributed by atoms with Gasteiger partial charge < -0.3 is 10.2 Å². The molecule has 2 aromatic rings. The number of nitrogens with one attached hydrogen (secondary N) is 1. The van der Waals surface area contributed by atoms with Gasteiger partial charge in [-0.1, -0.05) is 17.7 Å². The average Bonchev–Trinajstić information content (AvgIpc) is 2.45. The molecule has 22 heavy (non-hydrogen) atoms. The average molecular weight is 319 g/mol. The summed E-state index contributed by atoms with van der Waals surface area (Å²) in [6.07, 6.45) is 0. The molecule has 0 bridgehead atoms. The van der Waals surface area contributed by atoms with Crippen molar-refractivity contribution in [3.05, 3.63) is 58.1 Å². The quantitative estimate of drug-likeness (QED) is 0.590. The number of aromatic hydroxyl groups is 1. The van der Waals surface area contributed by atoms with E-state index in [1.165, 1.54) is 12.1 Å². The molecule has 2 aromatic carbocycles. The van der Waals surface area contributed by atoms with Crippen LogP contribution in [0.15, 0.2) is 41.5 Å². The zero-order valence-electron chi connectivity index (χ0n) is 12.1. The Hall–Kier alpha value is -2.53. The monoisotopic (exact) mass is 318 g/mol. The summed E-state index contributed by atoms with van der Waals surface area (Å²) < 4.78 is 0. The summed E-state index contributed by atoms with van der Waals surface area (Å²) in [5.41, 5.74) is 5.38. The van der Waals surface area contributed by atoms with Crippen LogP contribution in [-0.2, 0) is 0 Å². The van der Waals surface area contributed by atoms with Gasteiger partial charge in [-0.05, 0) is 49.7 Å². The third-order valence-electron chi connectivity index (χ3n) is 3.09. The van der Waals surface area contributed by atoms with E-state index in [0.29, 0.717) is 17.0 Å². The number of phenols is 1. The third-order valence-corrected chi connectivity index (χ3v) is 3.42. The second-order valence-corrected chi connectivity index (χ2v) is 5.24. The minimum Gasteiger partial charge on any atom is -0.507 e. The molecule has 0 aliphatic carbocycles.